The van der Waals surface area contributed by atoms with Crippen molar-refractivity contribution in [3.8, 4) is 0 Å². The van der Waals surface area contributed by atoms with Crippen LogP contribution in [-0.2, 0) is 18.4 Å². The number of aromatic nitrogens is 3. The molecule has 0 fully saturated rings. The summed E-state index contributed by atoms with van der Waals surface area (Å²) in [7, 11) is 1.90. The van der Waals surface area contributed by atoms with E-state index in [0.29, 0.717) is 13.2 Å². The van der Waals surface area contributed by atoms with Gasteiger partial charge in [-0.3, -0.25) is 0 Å². The predicted octanol–water partition coefficient (Wildman–Crippen LogP) is 0.849. The van der Waals surface area contributed by atoms with E-state index >= 15 is 0 Å². The van der Waals surface area contributed by atoms with Crippen molar-refractivity contribution in [3.05, 3.63) is 12.2 Å². The summed E-state index contributed by atoms with van der Waals surface area (Å²) in [5, 5.41) is 7.71. The first kappa shape index (κ1) is 12.1. The highest BCUT2D eigenvalue weighted by atomic mass is 16.5. The molecule has 1 heterocycles. The number of nitrogens with zero attached hydrogens (tertiary/aromatic N) is 3. The van der Waals surface area contributed by atoms with Crippen molar-refractivity contribution in [3.63, 3.8) is 0 Å². The average Bonchev–Trinajstić information content (AvgIpc) is 2.64. The summed E-state index contributed by atoms with van der Waals surface area (Å²) in [5.74, 6) is 0.824. The molecule has 0 spiro atoms. The Hall–Kier alpha value is -0.940. The van der Waals surface area contributed by atoms with Gasteiger partial charge < -0.3 is 15.0 Å². The second-order valence-corrected chi connectivity index (χ2v) is 3.92. The van der Waals surface area contributed by atoms with E-state index in [-0.39, 0.29) is 5.54 Å². The largest absolute Gasteiger partial charge is 0.372 e. The van der Waals surface area contributed by atoms with Crippen molar-refractivity contribution >= 4 is 0 Å². The topological polar surface area (TPSA) is 66.0 Å². The summed E-state index contributed by atoms with van der Waals surface area (Å²) in [6, 6.07) is 0. The van der Waals surface area contributed by atoms with Crippen LogP contribution in [0.4, 0.5) is 0 Å². The van der Waals surface area contributed by atoms with Crippen LogP contribution in [0.1, 0.15) is 32.5 Å². The maximum absolute atomic E-state index is 6.11. The quantitative estimate of drug-likeness (QED) is 0.759. The Morgan fingerprint density at radius 2 is 2.13 bits per heavy atom. The Balaban J connectivity index is 2.36. The number of ether oxygens (including phenoxy) is 1. The lowest BCUT2D eigenvalue weighted by molar-refractivity contribution is 0.0643. The first-order chi connectivity index (χ1) is 7.11. The van der Waals surface area contributed by atoms with Gasteiger partial charge in [0.05, 0.1) is 6.61 Å². The van der Waals surface area contributed by atoms with Gasteiger partial charge in [0.1, 0.15) is 12.9 Å². The Kier molecular flexibility index (Phi) is 4.23. The molecule has 2 N–H and O–H groups in total. The van der Waals surface area contributed by atoms with Crippen LogP contribution in [0, 0.1) is 0 Å². The summed E-state index contributed by atoms with van der Waals surface area (Å²) in [4.78, 5) is 0. The highest BCUT2D eigenvalue weighted by Crippen LogP contribution is 2.12. The Morgan fingerprint density at radius 3 is 2.60 bits per heavy atom. The molecule has 0 saturated heterocycles. The van der Waals surface area contributed by atoms with Gasteiger partial charge in [-0.2, -0.15) is 0 Å². The highest BCUT2D eigenvalue weighted by molar-refractivity contribution is 4.83. The van der Waals surface area contributed by atoms with Gasteiger partial charge in [0.15, 0.2) is 5.82 Å². The molecular weight excluding hydrogens is 192 g/mol. The molecule has 5 nitrogen and oxygen atoms in total. The molecule has 0 amide bonds. The summed E-state index contributed by atoms with van der Waals surface area (Å²) in [6.45, 7) is 5.19. The lowest BCUT2D eigenvalue weighted by atomic mass is 9.96. The van der Waals surface area contributed by atoms with Gasteiger partial charge >= 0.3 is 0 Å². The standard InChI is InChI=1S/C10H20N4O/c1-4-10(11,5-2)7-15-6-9-13-12-8-14(9)3/h8H,4-7,11H2,1-3H3. The lowest BCUT2D eigenvalue weighted by Crippen LogP contribution is -2.43. The van der Waals surface area contributed by atoms with Crippen molar-refractivity contribution in [2.45, 2.75) is 38.8 Å². The normalized spacial score (nSPS) is 12.0. The van der Waals surface area contributed by atoms with Crippen molar-refractivity contribution in [1.82, 2.24) is 14.8 Å². The van der Waals surface area contributed by atoms with E-state index in [1.807, 2.05) is 11.6 Å². The van der Waals surface area contributed by atoms with Crippen LogP contribution in [0.3, 0.4) is 0 Å². The molecule has 15 heavy (non-hydrogen) atoms. The third-order valence-electron chi connectivity index (χ3n) is 2.83. The fourth-order valence-corrected chi connectivity index (χ4v) is 1.24. The van der Waals surface area contributed by atoms with Gasteiger partial charge in [-0.05, 0) is 12.8 Å². The zero-order valence-corrected chi connectivity index (χ0v) is 9.73. The molecule has 0 unspecified atom stereocenters. The van der Waals surface area contributed by atoms with E-state index in [0.717, 1.165) is 18.7 Å². The SMILES string of the molecule is CCC(N)(CC)COCc1nncn1C. The Labute approximate surface area is 90.6 Å². The maximum atomic E-state index is 6.11. The zero-order chi connectivity index (χ0) is 11.3. The molecule has 0 aliphatic heterocycles. The molecule has 0 aromatic carbocycles. The summed E-state index contributed by atoms with van der Waals surface area (Å²) >= 11 is 0. The molecule has 0 saturated carbocycles. The smallest absolute Gasteiger partial charge is 0.158 e. The molecule has 86 valence electrons. The zero-order valence-electron chi connectivity index (χ0n) is 9.73. The number of nitrogens with two attached hydrogens (primary N) is 1. The second kappa shape index (κ2) is 5.23. The van der Waals surface area contributed by atoms with Gasteiger partial charge in [0.2, 0.25) is 0 Å². The van der Waals surface area contributed by atoms with Crippen LogP contribution in [0.15, 0.2) is 6.33 Å². The number of hydrogen-bond donors (Lipinski definition) is 1. The minimum Gasteiger partial charge on any atom is -0.372 e. The molecule has 1 aromatic heterocycles. The van der Waals surface area contributed by atoms with Gasteiger partial charge in [0.25, 0.3) is 0 Å². The van der Waals surface area contributed by atoms with Gasteiger partial charge in [-0.1, -0.05) is 13.8 Å². The van der Waals surface area contributed by atoms with E-state index in [1.54, 1.807) is 6.33 Å². The van der Waals surface area contributed by atoms with Crippen molar-refractivity contribution < 1.29 is 4.74 Å². The average molecular weight is 212 g/mol. The van der Waals surface area contributed by atoms with Gasteiger partial charge in [-0.25, -0.2) is 0 Å². The predicted molar refractivity (Wildman–Crippen MR) is 58.2 cm³/mol. The minimum atomic E-state index is -0.210. The monoisotopic (exact) mass is 212 g/mol. The molecule has 0 atom stereocenters. The molecule has 0 bridgehead atoms. The molecule has 1 rings (SSSR count). The van der Waals surface area contributed by atoms with Crippen LogP contribution in [0.2, 0.25) is 0 Å². The van der Waals surface area contributed by atoms with Gasteiger partial charge in [-0.15, -0.1) is 10.2 Å². The second-order valence-electron chi connectivity index (χ2n) is 3.92. The Morgan fingerprint density at radius 1 is 1.47 bits per heavy atom. The third kappa shape index (κ3) is 3.28. The third-order valence-corrected chi connectivity index (χ3v) is 2.83. The van der Waals surface area contributed by atoms with Crippen molar-refractivity contribution in [2.75, 3.05) is 6.61 Å². The number of rotatable bonds is 6. The van der Waals surface area contributed by atoms with E-state index in [9.17, 15) is 0 Å². The molecule has 5 heteroatoms. The van der Waals surface area contributed by atoms with Crippen LogP contribution >= 0.6 is 0 Å². The van der Waals surface area contributed by atoms with Crippen LogP contribution in [0.5, 0.6) is 0 Å². The molecule has 0 radical (unpaired) electrons. The van der Waals surface area contributed by atoms with Crippen molar-refractivity contribution in [2.24, 2.45) is 12.8 Å². The first-order valence-electron chi connectivity index (χ1n) is 5.31. The lowest BCUT2D eigenvalue weighted by Gasteiger charge is -2.25. The van der Waals surface area contributed by atoms with E-state index in [1.165, 1.54) is 0 Å². The molecular formula is C10H20N4O. The highest BCUT2D eigenvalue weighted by Gasteiger charge is 2.20. The van der Waals surface area contributed by atoms with E-state index in [2.05, 4.69) is 24.0 Å². The van der Waals surface area contributed by atoms with E-state index in [4.69, 9.17) is 10.5 Å². The molecule has 0 aliphatic rings. The summed E-state index contributed by atoms with van der Waals surface area (Å²) < 4.78 is 7.40. The maximum Gasteiger partial charge on any atom is 0.158 e. The Bertz CT molecular complexity index is 293. The van der Waals surface area contributed by atoms with Crippen LogP contribution in [-0.4, -0.2) is 26.9 Å². The van der Waals surface area contributed by atoms with Crippen LogP contribution < -0.4 is 5.73 Å². The van der Waals surface area contributed by atoms with E-state index < -0.39 is 0 Å². The number of aryl methyl sites for hydroxylation is 1. The fourth-order valence-electron chi connectivity index (χ4n) is 1.24. The fraction of sp³-hybridized carbons (Fsp3) is 0.800. The van der Waals surface area contributed by atoms with Crippen LogP contribution in [0.25, 0.3) is 0 Å². The summed E-state index contributed by atoms with van der Waals surface area (Å²) in [5.41, 5.74) is 5.90. The summed E-state index contributed by atoms with van der Waals surface area (Å²) in [6.07, 6.45) is 3.50. The van der Waals surface area contributed by atoms with Crippen molar-refractivity contribution in [1.29, 1.82) is 0 Å². The molecule has 0 aliphatic carbocycles. The minimum absolute atomic E-state index is 0.210. The number of hydrogen-bond acceptors (Lipinski definition) is 4. The van der Waals surface area contributed by atoms with Gasteiger partial charge in [0, 0.05) is 12.6 Å². The molecule has 1 aromatic rings. The first-order valence-corrected chi connectivity index (χ1v) is 5.31.